The molecule has 0 fully saturated rings. The number of hydrogen-bond acceptors (Lipinski definition) is 3. The largest absolute Gasteiger partial charge is 0.396 e. The van der Waals surface area contributed by atoms with Gasteiger partial charge in [0.1, 0.15) is 6.33 Å². The SMILES string of the molecule is CC(C)(CCO)CNC(=O)n1ccnc1. The van der Waals surface area contributed by atoms with Gasteiger partial charge in [-0.25, -0.2) is 9.78 Å². The van der Waals surface area contributed by atoms with Crippen LogP contribution in [0.5, 0.6) is 0 Å². The molecule has 0 radical (unpaired) electrons. The quantitative estimate of drug-likeness (QED) is 0.775. The molecule has 0 saturated carbocycles. The van der Waals surface area contributed by atoms with Crippen LogP contribution in [0.1, 0.15) is 20.3 Å². The second-order valence-electron chi connectivity index (χ2n) is 4.27. The van der Waals surface area contributed by atoms with Gasteiger partial charge in [-0.2, -0.15) is 0 Å². The van der Waals surface area contributed by atoms with Gasteiger partial charge in [0.2, 0.25) is 0 Å². The summed E-state index contributed by atoms with van der Waals surface area (Å²) in [5.41, 5.74) is -0.0923. The van der Waals surface area contributed by atoms with Crippen LogP contribution in [0.15, 0.2) is 18.7 Å². The molecule has 0 aliphatic carbocycles. The van der Waals surface area contributed by atoms with Crippen LogP contribution < -0.4 is 5.32 Å². The van der Waals surface area contributed by atoms with Crippen molar-refractivity contribution in [3.8, 4) is 0 Å². The summed E-state index contributed by atoms with van der Waals surface area (Å²) < 4.78 is 1.38. The van der Waals surface area contributed by atoms with E-state index in [1.807, 2.05) is 13.8 Å². The first-order valence-corrected chi connectivity index (χ1v) is 4.92. The Bertz CT molecular complexity index is 306. The standard InChI is InChI=1S/C10H17N3O2/c1-10(2,3-6-14)7-12-9(15)13-5-4-11-8-13/h4-5,8,14H,3,6-7H2,1-2H3,(H,12,15). The molecule has 0 aliphatic rings. The van der Waals surface area contributed by atoms with Crippen molar-refractivity contribution < 1.29 is 9.90 Å². The van der Waals surface area contributed by atoms with Crippen molar-refractivity contribution in [2.45, 2.75) is 20.3 Å². The van der Waals surface area contributed by atoms with Gasteiger partial charge in [-0.15, -0.1) is 0 Å². The number of imidazole rings is 1. The zero-order valence-electron chi connectivity index (χ0n) is 9.10. The molecule has 0 spiro atoms. The smallest absolute Gasteiger partial charge is 0.326 e. The first-order chi connectivity index (χ1) is 7.05. The predicted octanol–water partition coefficient (Wildman–Crippen LogP) is 0.849. The predicted molar refractivity (Wildman–Crippen MR) is 56.5 cm³/mol. The Morgan fingerprint density at radius 2 is 2.33 bits per heavy atom. The van der Waals surface area contributed by atoms with Crippen LogP contribution in [-0.2, 0) is 0 Å². The highest BCUT2D eigenvalue weighted by atomic mass is 16.3. The molecule has 1 amide bonds. The minimum absolute atomic E-state index is 0.0923. The van der Waals surface area contributed by atoms with Crippen LogP contribution >= 0.6 is 0 Å². The fourth-order valence-corrected chi connectivity index (χ4v) is 1.18. The van der Waals surface area contributed by atoms with Crippen molar-refractivity contribution in [1.82, 2.24) is 14.9 Å². The molecular weight excluding hydrogens is 194 g/mol. The molecule has 5 nitrogen and oxygen atoms in total. The molecule has 1 aromatic rings. The number of hydrogen-bond donors (Lipinski definition) is 2. The topological polar surface area (TPSA) is 67.2 Å². The van der Waals surface area contributed by atoms with Gasteiger partial charge in [-0.3, -0.25) is 4.57 Å². The number of aliphatic hydroxyl groups excluding tert-OH is 1. The summed E-state index contributed by atoms with van der Waals surface area (Å²) in [5, 5.41) is 11.6. The van der Waals surface area contributed by atoms with E-state index in [2.05, 4.69) is 10.3 Å². The number of carbonyl (C=O) groups excluding carboxylic acids is 1. The van der Waals surface area contributed by atoms with Gasteiger partial charge < -0.3 is 10.4 Å². The third kappa shape index (κ3) is 3.71. The number of aliphatic hydroxyl groups is 1. The summed E-state index contributed by atoms with van der Waals surface area (Å²) >= 11 is 0. The van der Waals surface area contributed by atoms with Crippen LogP contribution in [-0.4, -0.2) is 33.8 Å². The highest BCUT2D eigenvalue weighted by Crippen LogP contribution is 2.17. The monoisotopic (exact) mass is 211 g/mol. The molecule has 1 aromatic heterocycles. The molecule has 0 saturated heterocycles. The molecule has 2 N–H and O–H groups in total. The number of carbonyl (C=O) groups is 1. The number of nitrogens with zero attached hydrogens (tertiary/aromatic N) is 2. The number of nitrogens with one attached hydrogen (secondary N) is 1. The highest BCUT2D eigenvalue weighted by molar-refractivity contribution is 5.76. The lowest BCUT2D eigenvalue weighted by molar-refractivity contribution is 0.202. The third-order valence-corrected chi connectivity index (χ3v) is 2.25. The van der Waals surface area contributed by atoms with Crippen molar-refractivity contribution in [3.63, 3.8) is 0 Å². The molecule has 0 aliphatic heterocycles. The Hall–Kier alpha value is -1.36. The molecular formula is C10H17N3O2. The van der Waals surface area contributed by atoms with E-state index in [9.17, 15) is 4.79 Å². The Labute approximate surface area is 89.1 Å². The third-order valence-electron chi connectivity index (χ3n) is 2.25. The fraction of sp³-hybridized carbons (Fsp3) is 0.600. The summed E-state index contributed by atoms with van der Waals surface area (Å²) in [5.74, 6) is 0. The Kier molecular flexibility index (Phi) is 3.85. The van der Waals surface area contributed by atoms with E-state index < -0.39 is 0 Å². The number of aromatic nitrogens is 2. The van der Waals surface area contributed by atoms with E-state index in [0.717, 1.165) is 0 Å². The average molecular weight is 211 g/mol. The van der Waals surface area contributed by atoms with Gasteiger partial charge in [-0.1, -0.05) is 13.8 Å². The van der Waals surface area contributed by atoms with E-state index in [0.29, 0.717) is 13.0 Å². The molecule has 84 valence electrons. The summed E-state index contributed by atoms with van der Waals surface area (Å²) in [7, 11) is 0. The van der Waals surface area contributed by atoms with Crippen LogP contribution in [0.25, 0.3) is 0 Å². The maximum Gasteiger partial charge on any atom is 0.326 e. The van der Waals surface area contributed by atoms with Crippen molar-refractivity contribution in [1.29, 1.82) is 0 Å². The molecule has 0 aromatic carbocycles. The summed E-state index contributed by atoms with van der Waals surface area (Å²) in [6.07, 6.45) is 5.26. The Balaban J connectivity index is 2.40. The van der Waals surface area contributed by atoms with Crippen molar-refractivity contribution >= 4 is 6.03 Å². The van der Waals surface area contributed by atoms with E-state index in [-0.39, 0.29) is 18.1 Å². The molecule has 15 heavy (non-hydrogen) atoms. The van der Waals surface area contributed by atoms with E-state index in [4.69, 9.17) is 5.11 Å². The van der Waals surface area contributed by atoms with Crippen LogP contribution in [0.3, 0.4) is 0 Å². The zero-order chi connectivity index (χ0) is 11.3. The lowest BCUT2D eigenvalue weighted by atomic mass is 9.90. The molecule has 1 rings (SSSR count). The van der Waals surface area contributed by atoms with Gasteiger partial charge in [-0.05, 0) is 11.8 Å². The van der Waals surface area contributed by atoms with Crippen molar-refractivity contribution in [3.05, 3.63) is 18.7 Å². The van der Waals surface area contributed by atoms with Gasteiger partial charge >= 0.3 is 6.03 Å². The van der Waals surface area contributed by atoms with Crippen LogP contribution in [0.4, 0.5) is 4.79 Å². The summed E-state index contributed by atoms with van der Waals surface area (Å²) in [4.78, 5) is 15.3. The zero-order valence-corrected chi connectivity index (χ0v) is 9.10. The van der Waals surface area contributed by atoms with Crippen molar-refractivity contribution in [2.75, 3.05) is 13.2 Å². The highest BCUT2D eigenvalue weighted by Gasteiger charge is 2.18. The molecule has 5 heteroatoms. The maximum absolute atomic E-state index is 11.5. The molecule has 0 atom stereocenters. The minimum Gasteiger partial charge on any atom is -0.396 e. The Morgan fingerprint density at radius 1 is 1.60 bits per heavy atom. The average Bonchev–Trinajstić information content (AvgIpc) is 2.67. The Morgan fingerprint density at radius 3 is 2.87 bits per heavy atom. The first-order valence-electron chi connectivity index (χ1n) is 4.92. The normalized spacial score (nSPS) is 11.4. The number of amides is 1. The molecule has 0 bridgehead atoms. The van der Waals surface area contributed by atoms with Crippen molar-refractivity contribution in [2.24, 2.45) is 5.41 Å². The second-order valence-corrected chi connectivity index (χ2v) is 4.27. The van der Waals surface area contributed by atoms with Gasteiger partial charge in [0.05, 0.1) is 0 Å². The lowest BCUT2D eigenvalue weighted by Gasteiger charge is -2.23. The maximum atomic E-state index is 11.5. The van der Waals surface area contributed by atoms with E-state index in [1.165, 1.54) is 10.9 Å². The molecule has 0 unspecified atom stereocenters. The van der Waals surface area contributed by atoms with E-state index in [1.54, 1.807) is 12.4 Å². The summed E-state index contributed by atoms with van der Waals surface area (Å²) in [6.45, 7) is 4.66. The van der Waals surface area contributed by atoms with Gasteiger partial charge in [0.25, 0.3) is 0 Å². The first kappa shape index (κ1) is 11.7. The van der Waals surface area contributed by atoms with Crippen LogP contribution in [0.2, 0.25) is 0 Å². The molecule has 1 heterocycles. The second kappa shape index (κ2) is 4.93. The van der Waals surface area contributed by atoms with Crippen LogP contribution in [0, 0.1) is 5.41 Å². The lowest BCUT2D eigenvalue weighted by Crippen LogP contribution is -2.36. The van der Waals surface area contributed by atoms with E-state index >= 15 is 0 Å². The number of rotatable bonds is 4. The van der Waals surface area contributed by atoms with Gasteiger partial charge in [0.15, 0.2) is 0 Å². The fourth-order valence-electron chi connectivity index (χ4n) is 1.18. The summed E-state index contributed by atoms with van der Waals surface area (Å²) in [6, 6.07) is -0.196. The van der Waals surface area contributed by atoms with Gasteiger partial charge in [0, 0.05) is 25.5 Å². The minimum atomic E-state index is -0.196.